The number of hydrogen-bond donors (Lipinski definition) is 2. The predicted octanol–water partition coefficient (Wildman–Crippen LogP) is 4.43. The second-order valence-electron chi connectivity index (χ2n) is 3.79. The van der Waals surface area contributed by atoms with Crippen molar-refractivity contribution in [2.75, 3.05) is 5.32 Å². The van der Waals surface area contributed by atoms with Gasteiger partial charge in [-0.05, 0) is 34.1 Å². The minimum Gasteiger partial charge on any atom is -0.481 e. The molecule has 100 valence electrons. The van der Waals surface area contributed by atoms with E-state index in [1.54, 1.807) is 0 Å². The van der Waals surface area contributed by atoms with Crippen molar-refractivity contribution >= 4 is 60.0 Å². The van der Waals surface area contributed by atoms with Gasteiger partial charge in [0.25, 0.3) is 0 Å². The van der Waals surface area contributed by atoms with Crippen LogP contribution in [0.25, 0.3) is 0 Å². The van der Waals surface area contributed by atoms with Crippen LogP contribution in [-0.2, 0) is 11.2 Å². The molecule has 2 N–H and O–H groups in total. The van der Waals surface area contributed by atoms with E-state index < -0.39 is 5.97 Å². The molecule has 0 amide bonds. The number of carboxylic acids is 1. The van der Waals surface area contributed by atoms with Crippen LogP contribution in [0, 0.1) is 0 Å². The summed E-state index contributed by atoms with van der Waals surface area (Å²) >= 11 is 8.32. The first-order valence-electron chi connectivity index (χ1n) is 5.43. The van der Waals surface area contributed by atoms with Gasteiger partial charge in [-0.2, -0.15) is 0 Å². The van der Waals surface area contributed by atoms with E-state index in [0.29, 0.717) is 6.42 Å². The van der Waals surface area contributed by atoms with Gasteiger partial charge in [0, 0.05) is 20.7 Å². The zero-order valence-corrected chi connectivity index (χ0v) is 13.7. The van der Waals surface area contributed by atoms with Crippen LogP contribution in [0.1, 0.15) is 12.1 Å². The predicted molar refractivity (Wildman–Crippen MR) is 83.2 cm³/mol. The first-order valence-corrected chi connectivity index (χ1v) is 7.89. The van der Waals surface area contributed by atoms with Crippen LogP contribution in [0.2, 0.25) is 0 Å². The summed E-state index contributed by atoms with van der Waals surface area (Å²) in [5, 5.41) is 14.5. The molecule has 0 saturated carbocycles. The first-order chi connectivity index (χ1) is 9.04. The summed E-state index contributed by atoms with van der Waals surface area (Å²) in [4.78, 5) is 14.8. The fraction of sp³-hybridized carbons (Fsp3) is 0.167. The van der Waals surface area contributed by atoms with E-state index in [4.69, 9.17) is 5.11 Å². The monoisotopic (exact) mass is 404 g/mol. The lowest BCUT2D eigenvalue weighted by Crippen LogP contribution is -1.98. The van der Waals surface area contributed by atoms with Crippen LogP contribution in [0.3, 0.4) is 0 Å². The molecular formula is C12H10Br2N2O2S. The fourth-order valence-corrected chi connectivity index (χ4v) is 3.32. The van der Waals surface area contributed by atoms with E-state index in [2.05, 4.69) is 42.2 Å². The lowest BCUT2D eigenvalue weighted by atomic mass is 10.2. The van der Waals surface area contributed by atoms with Crippen molar-refractivity contribution in [1.29, 1.82) is 0 Å². The van der Waals surface area contributed by atoms with Gasteiger partial charge in [0.2, 0.25) is 0 Å². The van der Waals surface area contributed by atoms with Crippen molar-refractivity contribution in [1.82, 2.24) is 4.98 Å². The number of nitrogens with zero attached hydrogens (tertiary/aromatic N) is 1. The molecule has 2 rings (SSSR count). The number of nitrogens with one attached hydrogen (secondary N) is 1. The number of anilines is 2. The topological polar surface area (TPSA) is 62.2 Å². The second kappa shape index (κ2) is 6.49. The highest BCUT2D eigenvalue weighted by molar-refractivity contribution is 9.11. The number of hydrogen-bond acceptors (Lipinski definition) is 4. The van der Waals surface area contributed by atoms with Crippen molar-refractivity contribution in [2.45, 2.75) is 12.8 Å². The highest BCUT2D eigenvalue weighted by Gasteiger charge is 2.06. The van der Waals surface area contributed by atoms with Crippen LogP contribution in [0.4, 0.5) is 10.8 Å². The molecule has 19 heavy (non-hydrogen) atoms. The molecule has 0 aliphatic rings. The lowest BCUT2D eigenvalue weighted by Gasteiger charge is -2.05. The maximum absolute atomic E-state index is 10.5. The van der Waals surface area contributed by atoms with Crippen LogP contribution < -0.4 is 5.32 Å². The summed E-state index contributed by atoms with van der Waals surface area (Å²) < 4.78 is 1.93. The standard InChI is InChI=1S/C12H10Br2N2O2S/c13-7-1-3-10(9(14)5-7)16-12-15-8(6-19-12)2-4-11(17)18/h1,3,5-6H,2,4H2,(H,15,16)(H,17,18). The maximum atomic E-state index is 10.5. The van der Waals surface area contributed by atoms with Gasteiger partial charge in [-0.25, -0.2) is 4.98 Å². The molecule has 0 aliphatic heterocycles. The van der Waals surface area contributed by atoms with E-state index in [1.807, 2.05) is 23.6 Å². The van der Waals surface area contributed by atoms with Crippen LogP contribution >= 0.6 is 43.2 Å². The van der Waals surface area contributed by atoms with E-state index >= 15 is 0 Å². The summed E-state index contributed by atoms with van der Waals surface area (Å²) in [5.41, 5.74) is 1.71. The molecular weight excluding hydrogens is 396 g/mol. The van der Waals surface area contributed by atoms with E-state index in [1.165, 1.54) is 11.3 Å². The van der Waals surface area contributed by atoms with Gasteiger partial charge in [0.1, 0.15) is 0 Å². The van der Waals surface area contributed by atoms with Gasteiger partial charge in [-0.1, -0.05) is 15.9 Å². The molecule has 0 radical (unpaired) electrons. The number of thiazole rings is 1. The van der Waals surface area contributed by atoms with Crippen molar-refractivity contribution in [3.8, 4) is 0 Å². The number of aryl methyl sites for hydroxylation is 1. The molecule has 0 saturated heterocycles. The van der Waals surface area contributed by atoms with Gasteiger partial charge >= 0.3 is 5.97 Å². The summed E-state index contributed by atoms with van der Waals surface area (Å²) in [5.74, 6) is -0.807. The Morgan fingerprint density at radius 3 is 2.89 bits per heavy atom. The molecule has 0 fully saturated rings. The largest absolute Gasteiger partial charge is 0.481 e. The molecule has 7 heteroatoms. The highest BCUT2D eigenvalue weighted by atomic mass is 79.9. The summed E-state index contributed by atoms with van der Waals surface area (Å²) in [6.45, 7) is 0. The van der Waals surface area contributed by atoms with Gasteiger partial charge in [-0.15, -0.1) is 11.3 Å². The Morgan fingerprint density at radius 2 is 2.21 bits per heavy atom. The molecule has 0 spiro atoms. The zero-order chi connectivity index (χ0) is 13.8. The quantitative estimate of drug-likeness (QED) is 0.772. The molecule has 2 aromatic rings. The lowest BCUT2D eigenvalue weighted by molar-refractivity contribution is -0.136. The second-order valence-corrected chi connectivity index (χ2v) is 6.42. The Bertz CT molecular complexity index is 601. The summed E-state index contributed by atoms with van der Waals surface area (Å²) in [7, 11) is 0. The van der Waals surface area contributed by atoms with Gasteiger partial charge in [0.15, 0.2) is 5.13 Å². The van der Waals surface area contributed by atoms with Crippen LogP contribution in [-0.4, -0.2) is 16.1 Å². The SMILES string of the molecule is O=C(O)CCc1csc(Nc2ccc(Br)cc2Br)n1. The molecule has 1 heterocycles. The third kappa shape index (κ3) is 4.29. The number of benzene rings is 1. The Hall–Kier alpha value is -0.920. The normalized spacial score (nSPS) is 10.4. The fourth-order valence-electron chi connectivity index (χ4n) is 1.42. The maximum Gasteiger partial charge on any atom is 0.303 e. The Balaban J connectivity index is 2.05. The summed E-state index contributed by atoms with van der Waals surface area (Å²) in [6.07, 6.45) is 0.556. The van der Waals surface area contributed by atoms with E-state index in [0.717, 1.165) is 25.5 Å². The average Bonchev–Trinajstić information content (AvgIpc) is 2.78. The number of carboxylic acid groups (broad SMARTS) is 1. The molecule has 1 aromatic carbocycles. The minimum absolute atomic E-state index is 0.102. The van der Waals surface area contributed by atoms with Crippen LogP contribution in [0.5, 0.6) is 0 Å². The average molecular weight is 406 g/mol. The van der Waals surface area contributed by atoms with Crippen molar-refractivity contribution in [3.05, 3.63) is 38.2 Å². The third-order valence-electron chi connectivity index (χ3n) is 2.32. The number of halogens is 2. The molecule has 0 unspecified atom stereocenters. The molecule has 4 nitrogen and oxygen atoms in total. The number of carbonyl (C=O) groups is 1. The number of rotatable bonds is 5. The third-order valence-corrected chi connectivity index (χ3v) is 4.28. The van der Waals surface area contributed by atoms with Gasteiger partial charge < -0.3 is 10.4 Å². The highest BCUT2D eigenvalue weighted by Crippen LogP contribution is 2.30. The smallest absolute Gasteiger partial charge is 0.303 e. The van der Waals surface area contributed by atoms with Gasteiger partial charge in [-0.3, -0.25) is 4.79 Å². The van der Waals surface area contributed by atoms with Crippen molar-refractivity contribution in [2.24, 2.45) is 0 Å². The van der Waals surface area contributed by atoms with Crippen LogP contribution in [0.15, 0.2) is 32.5 Å². The Labute approximate surface area is 131 Å². The molecule has 1 aromatic heterocycles. The van der Waals surface area contributed by atoms with Gasteiger partial charge in [0.05, 0.1) is 17.8 Å². The molecule has 0 atom stereocenters. The number of aromatic nitrogens is 1. The van der Waals surface area contributed by atoms with E-state index in [-0.39, 0.29) is 6.42 Å². The molecule has 0 aliphatic carbocycles. The summed E-state index contributed by atoms with van der Waals surface area (Å²) in [6, 6.07) is 5.82. The van der Waals surface area contributed by atoms with Crippen molar-refractivity contribution < 1.29 is 9.90 Å². The Kier molecular flexibility index (Phi) is 4.95. The minimum atomic E-state index is -0.807. The number of aliphatic carboxylic acids is 1. The first kappa shape index (κ1) is 14.5. The molecule has 0 bridgehead atoms. The Morgan fingerprint density at radius 1 is 1.42 bits per heavy atom. The van der Waals surface area contributed by atoms with E-state index in [9.17, 15) is 4.79 Å². The van der Waals surface area contributed by atoms with Crippen molar-refractivity contribution in [3.63, 3.8) is 0 Å². The zero-order valence-electron chi connectivity index (χ0n) is 9.69.